The molecule has 2 fully saturated rings. The fraction of sp³-hybridized carbons (Fsp3) is 0.462. The Morgan fingerprint density at radius 3 is 2.41 bits per heavy atom. The second-order valence-corrected chi connectivity index (χ2v) is 10.0. The number of ether oxygens (including phenoxy) is 4. The summed E-state index contributed by atoms with van der Waals surface area (Å²) in [5, 5.41) is 7.79. The van der Waals surface area contributed by atoms with Gasteiger partial charge in [0.2, 0.25) is 5.91 Å². The predicted molar refractivity (Wildman–Crippen MR) is 149 cm³/mol. The molecule has 2 saturated heterocycles. The van der Waals surface area contributed by atoms with Crippen LogP contribution in [0, 0.1) is 0 Å². The SMILES string of the molecule is COc1cc(OC)c(Cl)c(-c2nc(N3CCOCC3)c3cc(N[C@@H]4COCC[C@@H]4NC(C)=O)ncc3n2)c1Cl. The molecule has 39 heavy (non-hydrogen) atoms. The van der Waals surface area contributed by atoms with Gasteiger partial charge < -0.3 is 34.5 Å². The van der Waals surface area contributed by atoms with Gasteiger partial charge in [-0.25, -0.2) is 15.0 Å². The maximum absolute atomic E-state index is 11.7. The van der Waals surface area contributed by atoms with E-state index < -0.39 is 0 Å². The number of hydrogen-bond acceptors (Lipinski definition) is 10. The molecule has 13 heteroatoms. The minimum Gasteiger partial charge on any atom is -0.495 e. The van der Waals surface area contributed by atoms with Crippen molar-refractivity contribution in [3.63, 3.8) is 0 Å². The van der Waals surface area contributed by atoms with E-state index in [-0.39, 0.29) is 28.0 Å². The average Bonchev–Trinajstić information content (AvgIpc) is 2.94. The number of halogens is 2. The third-order valence-corrected chi connectivity index (χ3v) is 7.50. The molecule has 0 saturated carbocycles. The maximum atomic E-state index is 11.7. The van der Waals surface area contributed by atoms with Crippen molar-refractivity contribution in [2.24, 2.45) is 0 Å². The lowest BCUT2D eigenvalue weighted by atomic mass is 10.0. The van der Waals surface area contributed by atoms with Gasteiger partial charge in [0.05, 0.1) is 73.4 Å². The largest absolute Gasteiger partial charge is 0.495 e. The second kappa shape index (κ2) is 12.0. The van der Waals surface area contributed by atoms with E-state index in [0.29, 0.717) is 86.0 Å². The Bertz CT molecular complexity index is 1340. The van der Waals surface area contributed by atoms with Gasteiger partial charge >= 0.3 is 0 Å². The molecular formula is C26H30Cl2N6O5. The number of carbonyl (C=O) groups excluding carboxylic acids is 1. The van der Waals surface area contributed by atoms with Crippen LogP contribution in [-0.2, 0) is 14.3 Å². The van der Waals surface area contributed by atoms with E-state index in [1.807, 2.05) is 6.07 Å². The predicted octanol–water partition coefficient (Wildman–Crippen LogP) is 3.56. The van der Waals surface area contributed by atoms with Gasteiger partial charge in [-0.3, -0.25) is 4.79 Å². The summed E-state index contributed by atoms with van der Waals surface area (Å²) >= 11 is 13.4. The van der Waals surface area contributed by atoms with E-state index in [1.165, 1.54) is 21.1 Å². The smallest absolute Gasteiger partial charge is 0.217 e. The molecule has 0 aliphatic carbocycles. The first-order valence-electron chi connectivity index (χ1n) is 12.6. The number of carbonyl (C=O) groups is 1. The van der Waals surface area contributed by atoms with Crippen LogP contribution in [0.5, 0.6) is 11.5 Å². The summed E-state index contributed by atoms with van der Waals surface area (Å²) < 4.78 is 22.1. The number of morpholine rings is 1. The summed E-state index contributed by atoms with van der Waals surface area (Å²) in [5.41, 5.74) is 1.02. The number of methoxy groups -OCH3 is 2. The molecule has 208 valence electrons. The van der Waals surface area contributed by atoms with Gasteiger partial charge in [-0.05, 0) is 12.5 Å². The third kappa shape index (κ3) is 5.76. The Morgan fingerprint density at radius 1 is 1.03 bits per heavy atom. The average molecular weight is 577 g/mol. The second-order valence-electron chi connectivity index (χ2n) is 9.26. The highest BCUT2D eigenvalue weighted by atomic mass is 35.5. The zero-order valence-corrected chi connectivity index (χ0v) is 23.4. The molecule has 2 aromatic heterocycles. The van der Waals surface area contributed by atoms with Gasteiger partial charge in [-0.2, -0.15) is 0 Å². The summed E-state index contributed by atoms with van der Waals surface area (Å²) in [6.45, 7) is 5.01. The van der Waals surface area contributed by atoms with Gasteiger partial charge in [0.15, 0.2) is 5.82 Å². The van der Waals surface area contributed by atoms with Gasteiger partial charge in [0.25, 0.3) is 0 Å². The molecule has 2 aliphatic heterocycles. The molecule has 0 radical (unpaired) electrons. The normalized spacial score (nSPS) is 19.6. The lowest BCUT2D eigenvalue weighted by molar-refractivity contribution is -0.120. The number of rotatable bonds is 7. The quantitative estimate of drug-likeness (QED) is 0.432. The molecule has 1 amide bonds. The minimum atomic E-state index is -0.138. The van der Waals surface area contributed by atoms with E-state index in [9.17, 15) is 4.79 Å². The van der Waals surface area contributed by atoms with Gasteiger partial charge in [0, 0.05) is 38.1 Å². The van der Waals surface area contributed by atoms with Crippen molar-refractivity contribution in [2.45, 2.75) is 25.4 Å². The Kier molecular flexibility index (Phi) is 8.41. The summed E-state index contributed by atoms with van der Waals surface area (Å²) in [4.78, 5) is 28.2. The summed E-state index contributed by atoms with van der Waals surface area (Å²) in [5.74, 6) is 2.36. The number of nitrogens with zero attached hydrogens (tertiary/aromatic N) is 4. The number of fused-ring (bicyclic) bond motifs is 1. The summed E-state index contributed by atoms with van der Waals surface area (Å²) in [7, 11) is 3.04. The zero-order valence-electron chi connectivity index (χ0n) is 21.9. The molecule has 11 nitrogen and oxygen atoms in total. The van der Waals surface area contributed by atoms with Crippen molar-refractivity contribution >= 4 is 51.6 Å². The highest BCUT2D eigenvalue weighted by molar-refractivity contribution is 6.41. The number of benzene rings is 1. The third-order valence-electron chi connectivity index (χ3n) is 6.75. The van der Waals surface area contributed by atoms with Crippen molar-refractivity contribution in [3.8, 4) is 22.9 Å². The van der Waals surface area contributed by atoms with Crippen molar-refractivity contribution in [2.75, 3.05) is 64.0 Å². The lowest BCUT2D eigenvalue weighted by Crippen LogP contribution is -2.51. The number of nitrogens with one attached hydrogen (secondary N) is 2. The first-order valence-corrected chi connectivity index (χ1v) is 13.4. The molecule has 0 bridgehead atoms. The Balaban J connectivity index is 1.60. The molecule has 4 heterocycles. The zero-order chi connectivity index (χ0) is 27.5. The van der Waals surface area contributed by atoms with Crippen LogP contribution in [0.3, 0.4) is 0 Å². The molecule has 1 aromatic carbocycles. The Labute approximate surface area is 236 Å². The summed E-state index contributed by atoms with van der Waals surface area (Å²) in [6, 6.07) is 3.33. The lowest BCUT2D eigenvalue weighted by Gasteiger charge is -2.33. The molecule has 0 unspecified atom stereocenters. The minimum absolute atomic E-state index is 0.0709. The van der Waals surface area contributed by atoms with Crippen LogP contribution in [0.1, 0.15) is 13.3 Å². The maximum Gasteiger partial charge on any atom is 0.217 e. The number of anilines is 2. The molecule has 3 aromatic rings. The van der Waals surface area contributed by atoms with Crippen molar-refractivity contribution in [1.82, 2.24) is 20.3 Å². The van der Waals surface area contributed by atoms with Crippen molar-refractivity contribution in [1.29, 1.82) is 0 Å². The standard InChI is InChI=1S/C26H30Cl2N6O5/c1-14(35)30-16-4-7-39-13-18(16)31-21-10-15-17(12-29-21)32-25(33-26(15)34-5-8-38-9-6-34)22-23(27)19(36-2)11-20(37-3)24(22)28/h10-12,16,18H,4-9,13H2,1-3H3,(H,29,31)(H,30,35)/t16-,18+/m0/s1. The van der Waals surface area contributed by atoms with E-state index in [0.717, 1.165) is 5.39 Å². The van der Waals surface area contributed by atoms with Crippen LogP contribution in [0.15, 0.2) is 18.3 Å². The molecule has 0 spiro atoms. The molecule has 5 rings (SSSR count). The number of hydrogen-bond donors (Lipinski definition) is 2. The number of pyridine rings is 1. The first kappa shape index (κ1) is 27.4. The summed E-state index contributed by atoms with van der Waals surface area (Å²) in [6.07, 6.45) is 2.39. The highest BCUT2D eigenvalue weighted by Crippen LogP contribution is 2.45. The van der Waals surface area contributed by atoms with E-state index >= 15 is 0 Å². The monoisotopic (exact) mass is 576 g/mol. The fourth-order valence-corrected chi connectivity index (χ4v) is 5.48. The molecular weight excluding hydrogens is 547 g/mol. The number of amides is 1. The van der Waals surface area contributed by atoms with Crippen molar-refractivity contribution < 1.29 is 23.7 Å². The first-order chi connectivity index (χ1) is 18.9. The van der Waals surface area contributed by atoms with Crippen LogP contribution >= 0.6 is 23.2 Å². The Morgan fingerprint density at radius 2 is 1.74 bits per heavy atom. The van der Waals surface area contributed by atoms with Crippen LogP contribution in [0.4, 0.5) is 11.6 Å². The van der Waals surface area contributed by atoms with Crippen molar-refractivity contribution in [3.05, 3.63) is 28.4 Å². The topological polar surface area (TPSA) is 120 Å². The fourth-order valence-electron chi connectivity index (χ4n) is 4.81. The van der Waals surface area contributed by atoms with Gasteiger partial charge in [-0.15, -0.1) is 0 Å². The van der Waals surface area contributed by atoms with Crippen LogP contribution in [-0.4, -0.2) is 86.7 Å². The molecule has 2 aliphatic rings. The van der Waals surface area contributed by atoms with E-state index in [1.54, 1.807) is 12.3 Å². The van der Waals surface area contributed by atoms with Crippen LogP contribution in [0.2, 0.25) is 10.0 Å². The van der Waals surface area contributed by atoms with E-state index in [4.69, 9.17) is 52.1 Å². The highest BCUT2D eigenvalue weighted by Gasteiger charge is 2.28. The Hall–Kier alpha value is -3.12. The van der Waals surface area contributed by atoms with Crippen LogP contribution in [0.25, 0.3) is 22.3 Å². The molecule has 2 atom stereocenters. The number of aromatic nitrogens is 3. The van der Waals surface area contributed by atoms with Gasteiger partial charge in [-0.1, -0.05) is 23.2 Å². The van der Waals surface area contributed by atoms with Gasteiger partial charge in [0.1, 0.15) is 23.1 Å². The van der Waals surface area contributed by atoms with E-state index in [2.05, 4.69) is 20.5 Å². The molecule has 2 N–H and O–H groups in total. The van der Waals surface area contributed by atoms with Crippen LogP contribution < -0.4 is 25.0 Å².